The molecule has 1 rings (SSSR count). The minimum absolute atomic E-state index is 0. The summed E-state index contributed by atoms with van der Waals surface area (Å²) in [4.78, 5) is 23.6. The molecule has 25 heavy (non-hydrogen) atoms. The number of carbonyl (C=O) groups excluding carboxylic acids is 2. The van der Waals surface area contributed by atoms with Gasteiger partial charge in [-0.2, -0.15) is 0 Å². The number of nitrogens with one attached hydrogen (secondary N) is 4. The molecule has 1 aromatic rings. The summed E-state index contributed by atoms with van der Waals surface area (Å²) in [7, 11) is -3.54. The average Bonchev–Trinajstić information content (AvgIpc) is 2.44. The molecule has 0 aliphatic heterocycles. The maximum absolute atomic E-state index is 12.4. The second-order valence-electron chi connectivity index (χ2n) is 5.48. The van der Waals surface area contributed by atoms with Gasteiger partial charge in [0.1, 0.15) is 0 Å². The predicted octanol–water partition coefficient (Wildman–Crippen LogP) is 1.17. The van der Waals surface area contributed by atoms with Crippen LogP contribution in [0, 0.1) is 0 Å². The summed E-state index contributed by atoms with van der Waals surface area (Å²) in [5, 5.41) is 8.47. The summed E-state index contributed by atoms with van der Waals surface area (Å²) in [5.74, 6) is -0.718. The number of sulfonamides is 1. The Balaban J connectivity index is 0.00000576. The number of hydrogen-bond donors (Lipinski definition) is 4. The van der Waals surface area contributed by atoms with Crippen LogP contribution in [0.15, 0.2) is 18.2 Å². The van der Waals surface area contributed by atoms with Crippen molar-refractivity contribution in [3.05, 3.63) is 23.8 Å². The van der Waals surface area contributed by atoms with Gasteiger partial charge in [0.2, 0.25) is 15.9 Å². The Hall–Kier alpha value is -1.84. The summed E-state index contributed by atoms with van der Waals surface area (Å²) in [5.41, 5.74) is 0.696. The second-order valence-corrected chi connectivity index (χ2v) is 7.23. The molecule has 0 heterocycles. The number of likely N-dealkylation sites (N-methyl/N-ethyl adjacent to an activating group) is 1. The second kappa shape index (κ2) is 10.2. The first-order valence-corrected chi connectivity index (χ1v) is 9.42. The van der Waals surface area contributed by atoms with Gasteiger partial charge in [-0.3, -0.25) is 14.3 Å². The Morgan fingerprint density at radius 1 is 1.24 bits per heavy atom. The lowest BCUT2D eigenvalue weighted by Gasteiger charge is -2.16. The summed E-state index contributed by atoms with van der Waals surface area (Å²) in [6.07, 6.45) is 1.00. The number of carbonyl (C=O) groups is 2. The van der Waals surface area contributed by atoms with Gasteiger partial charge in [0, 0.05) is 25.2 Å². The van der Waals surface area contributed by atoms with Crippen molar-refractivity contribution >= 4 is 45.6 Å². The first kappa shape index (κ1) is 23.2. The zero-order valence-corrected chi connectivity index (χ0v) is 16.3. The number of hydrogen-bond acceptors (Lipinski definition) is 5. The molecule has 8 nitrogen and oxygen atoms in total. The molecule has 10 heteroatoms. The van der Waals surface area contributed by atoms with Crippen molar-refractivity contribution in [2.24, 2.45) is 0 Å². The maximum Gasteiger partial charge on any atom is 0.253 e. The van der Waals surface area contributed by atoms with Gasteiger partial charge in [0.05, 0.1) is 17.5 Å². The van der Waals surface area contributed by atoms with E-state index < -0.39 is 15.9 Å². The molecular weight excluding hydrogens is 368 g/mol. The van der Waals surface area contributed by atoms with E-state index in [4.69, 9.17) is 0 Å². The molecule has 0 saturated heterocycles. The van der Waals surface area contributed by atoms with Crippen LogP contribution in [0.25, 0.3) is 0 Å². The molecule has 0 aliphatic rings. The highest BCUT2D eigenvalue weighted by Crippen LogP contribution is 2.21. The summed E-state index contributed by atoms with van der Waals surface area (Å²) in [6.45, 7) is 6.39. The summed E-state index contributed by atoms with van der Waals surface area (Å²) >= 11 is 0. The molecule has 2 amide bonds. The highest BCUT2D eigenvalue weighted by molar-refractivity contribution is 7.92. The standard InChI is InChI=1S/C15H24N4O4S.ClH/c1-5-16-10(2)9-17-15(21)13-8-12(18-11(3)20)6-7-14(13)19-24(4,22)23;/h6-8,10,16,19H,5,9H2,1-4H3,(H,17,21)(H,18,20);1H/t10-;/m1./s1. The predicted molar refractivity (Wildman–Crippen MR) is 102 cm³/mol. The van der Waals surface area contributed by atoms with Gasteiger partial charge < -0.3 is 16.0 Å². The third-order valence-corrected chi connectivity index (χ3v) is 3.59. The van der Waals surface area contributed by atoms with E-state index in [-0.39, 0.29) is 35.6 Å². The summed E-state index contributed by atoms with van der Waals surface area (Å²) < 4.78 is 25.2. The summed E-state index contributed by atoms with van der Waals surface area (Å²) in [6, 6.07) is 4.47. The molecule has 0 unspecified atom stereocenters. The van der Waals surface area contributed by atoms with Crippen molar-refractivity contribution in [1.29, 1.82) is 0 Å². The Morgan fingerprint density at radius 2 is 1.88 bits per heavy atom. The van der Waals surface area contributed by atoms with Gasteiger partial charge in [-0.15, -0.1) is 12.4 Å². The minimum atomic E-state index is -3.54. The molecule has 0 spiro atoms. The smallest absolute Gasteiger partial charge is 0.253 e. The molecular formula is C15H25ClN4O4S. The van der Waals surface area contributed by atoms with Crippen LogP contribution in [0.5, 0.6) is 0 Å². The lowest BCUT2D eigenvalue weighted by Crippen LogP contribution is -2.39. The quantitative estimate of drug-likeness (QED) is 0.529. The molecule has 0 saturated carbocycles. The van der Waals surface area contributed by atoms with E-state index in [1.54, 1.807) is 0 Å². The average molecular weight is 393 g/mol. The topological polar surface area (TPSA) is 116 Å². The highest BCUT2D eigenvalue weighted by atomic mass is 35.5. The van der Waals surface area contributed by atoms with Crippen molar-refractivity contribution in [2.45, 2.75) is 26.8 Å². The Bertz CT molecular complexity index is 709. The van der Waals surface area contributed by atoms with Crippen LogP contribution in [0.3, 0.4) is 0 Å². The van der Waals surface area contributed by atoms with Crippen molar-refractivity contribution < 1.29 is 18.0 Å². The van der Waals surface area contributed by atoms with Crippen LogP contribution in [0.1, 0.15) is 31.1 Å². The lowest BCUT2D eigenvalue weighted by molar-refractivity contribution is -0.114. The van der Waals surface area contributed by atoms with Crippen LogP contribution < -0.4 is 20.7 Å². The first-order valence-electron chi connectivity index (χ1n) is 7.53. The van der Waals surface area contributed by atoms with Crippen molar-refractivity contribution in [3.63, 3.8) is 0 Å². The van der Waals surface area contributed by atoms with Gasteiger partial charge in [0.25, 0.3) is 5.91 Å². The van der Waals surface area contributed by atoms with E-state index in [0.29, 0.717) is 12.2 Å². The highest BCUT2D eigenvalue weighted by Gasteiger charge is 2.16. The van der Waals surface area contributed by atoms with Crippen molar-refractivity contribution in [3.8, 4) is 0 Å². The van der Waals surface area contributed by atoms with Crippen LogP contribution in [-0.2, 0) is 14.8 Å². The minimum Gasteiger partial charge on any atom is -0.350 e. The van der Waals surface area contributed by atoms with Gasteiger partial charge in [0.15, 0.2) is 0 Å². The van der Waals surface area contributed by atoms with Gasteiger partial charge in [-0.05, 0) is 31.7 Å². The zero-order chi connectivity index (χ0) is 18.3. The van der Waals surface area contributed by atoms with Crippen LogP contribution in [-0.4, -0.2) is 45.6 Å². The van der Waals surface area contributed by atoms with E-state index >= 15 is 0 Å². The van der Waals surface area contributed by atoms with Crippen LogP contribution in [0.2, 0.25) is 0 Å². The fourth-order valence-corrected chi connectivity index (χ4v) is 2.64. The lowest BCUT2D eigenvalue weighted by atomic mass is 10.1. The number of benzene rings is 1. The van der Waals surface area contributed by atoms with E-state index in [1.165, 1.54) is 25.1 Å². The maximum atomic E-state index is 12.4. The molecule has 1 atom stereocenters. The third-order valence-electron chi connectivity index (χ3n) is 3.00. The number of anilines is 2. The van der Waals surface area contributed by atoms with Crippen LogP contribution in [0.4, 0.5) is 11.4 Å². The molecule has 0 aromatic heterocycles. The van der Waals surface area contributed by atoms with E-state index in [1.807, 2.05) is 13.8 Å². The molecule has 0 radical (unpaired) electrons. The first-order chi connectivity index (χ1) is 11.1. The number of amides is 2. The fraction of sp³-hybridized carbons (Fsp3) is 0.467. The van der Waals surface area contributed by atoms with Crippen LogP contribution >= 0.6 is 12.4 Å². The Morgan fingerprint density at radius 3 is 2.40 bits per heavy atom. The van der Waals surface area contributed by atoms with Crippen molar-refractivity contribution in [2.75, 3.05) is 29.4 Å². The fourth-order valence-electron chi connectivity index (χ4n) is 2.06. The molecule has 0 fully saturated rings. The van der Waals surface area contributed by atoms with E-state index in [9.17, 15) is 18.0 Å². The largest absolute Gasteiger partial charge is 0.350 e. The number of rotatable bonds is 8. The molecule has 1 aromatic carbocycles. The molecule has 0 bridgehead atoms. The van der Waals surface area contributed by atoms with E-state index in [2.05, 4.69) is 20.7 Å². The molecule has 142 valence electrons. The zero-order valence-electron chi connectivity index (χ0n) is 14.7. The van der Waals surface area contributed by atoms with Gasteiger partial charge in [-0.25, -0.2) is 8.42 Å². The molecule has 0 aliphatic carbocycles. The normalized spacial score (nSPS) is 11.8. The Labute approximate surface area is 154 Å². The Kier molecular flexibility index (Phi) is 9.47. The SMILES string of the molecule is CCN[C@H](C)CNC(=O)c1cc(NC(C)=O)ccc1NS(C)(=O)=O.Cl. The monoisotopic (exact) mass is 392 g/mol. The van der Waals surface area contributed by atoms with Gasteiger partial charge in [-0.1, -0.05) is 6.92 Å². The number of halogens is 1. The third kappa shape index (κ3) is 8.71. The van der Waals surface area contributed by atoms with Crippen molar-refractivity contribution in [1.82, 2.24) is 10.6 Å². The van der Waals surface area contributed by atoms with Gasteiger partial charge >= 0.3 is 0 Å². The van der Waals surface area contributed by atoms with E-state index in [0.717, 1.165) is 12.8 Å². The molecule has 4 N–H and O–H groups in total.